The number of nitrogens with zero attached hydrogens (tertiary/aromatic N) is 3. The van der Waals surface area contributed by atoms with Crippen LogP contribution in [0.25, 0.3) is 33.7 Å². The minimum absolute atomic E-state index is 0.0766. The fourth-order valence-electron chi connectivity index (χ4n) is 6.71. The largest absolute Gasteiger partial charge is 0.488 e. The first-order valence-electron chi connectivity index (χ1n) is 16.7. The minimum Gasteiger partial charge on any atom is -0.488 e. The number of carboxylic acid groups (broad SMARTS) is 1. The molecule has 1 aliphatic carbocycles. The number of hydrogen-bond donors (Lipinski definition) is 4. The lowest BCUT2D eigenvalue weighted by atomic mass is 9.95. The van der Waals surface area contributed by atoms with Gasteiger partial charge in [0, 0.05) is 17.2 Å². The molecular formula is C37H36FN3O9S. The van der Waals surface area contributed by atoms with E-state index < -0.39 is 42.6 Å². The summed E-state index contributed by atoms with van der Waals surface area (Å²) in [7, 11) is 0. The fourth-order valence-corrected chi connectivity index (χ4v) is 7.58. The molecule has 1 aliphatic heterocycles. The zero-order valence-electron chi connectivity index (χ0n) is 27.5. The molecule has 5 aromatic rings. The maximum atomic E-state index is 13.5. The van der Waals surface area contributed by atoms with Gasteiger partial charge >= 0.3 is 11.9 Å². The third-order valence-electron chi connectivity index (χ3n) is 9.31. The second-order valence-corrected chi connectivity index (χ2v) is 14.1. The number of aromatic nitrogens is 3. The number of esters is 1. The van der Waals surface area contributed by atoms with E-state index in [1.54, 1.807) is 30.3 Å². The Morgan fingerprint density at radius 2 is 1.63 bits per heavy atom. The number of aryl methyl sites for hydroxylation is 1. The summed E-state index contributed by atoms with van der Waals surface area (Å²) in [6.07, 6.45) is -4.12. The number of carbonyl (C=O) groups is 2. The van der Waals surface area contributed by atoms with E-state index in [-0.39, 0.29) is 24.0 Å². The molecule has 2 aliphatic rings. The molecule has 12 nitrogen and oxygen atoms in total. The third-order valence-corrected chi connectivity index (χ3v) is 10.2. The summed E-state index contributed by atoms with van der Waals surface area (Å²) in [5, 5.41) is 40.6. The van der Waals surface area contributed by atoms with E-state index in [0.717, 1.165) is 70.2 Å². The minimum atomic E-state index is -1.91. The van der Waals surface area contributed by atoms with Gasteiger partial charge < -0.3 is 39.2 Å². The topological polar surface area (TPSA) is 173 Å². The van der Waals surface area contributed by atoms with Crippen LogP contribution >= 0.6 is 11.3 Å². The van der Waals surface area contributed by atoms with Crippen LogP contribution in [0, 0.1) is 12.7 Å². The fraction of sp³-hybridized carbons (Fsp3) is 0.351. The van der Waals surface area contributed by atoms with Gasteiger partial charge in [-0.2, -0.15) is 0 Å². The highest BCUT2D eigenvalue weighted by Crippen LogP contribution is 2.37. The van der Waals surface area contributed by atoms with Crippen molar-refractivity contribution in [2.24, 2.45) is 0 Å². The van der Waals surface area contributed by atoms with E-state index in [9.17, 15) is 34.4 Å². The zero-order valence-corrected chi connectivity index (χ0v) is 28.3. The average Bonchev–Trinajstić information content (AvgIpc) is 3.71. The predicted octanol–water partition coefficient (Wildman–Crippen LogP) is 5.41. The number of carbonyl (C=O) groups excluding carboxylic acids is 1. The van der Waals surface area contributed by atoms with Crippen molar-refractivity contribution in [2.45, 2.75) is 82.4 Å². The molecule has 4 N–H and O–H groups in total. The van der Waals surface area contributed by atoms with Crippen molar-refractivity contribution in [2.75, 3.05) is 0 Å². The number of rotatable bonds is 9. The highest BCUT2D eigenvalue weighted by molar-refractivity contribution is 7.12. The van der Waals surface area contributed by atoms with Gasteiger partial charge in [0.05, 0.1) is 32.2 Å². The molecule has 7 rings (SSSR count). The zero-order chi connectivity index (χ0) is 35.8. The van der Waals surface area contributed by atoms with E-state index in [1.165, 1.54) is 23.5 Å². The van der Waals surface area contributed by atoms with E-state index >= 15 is 0 Å². The molecule has 51 heavy (non-hydrogen) atoms. The van der Waals surface area contributed by atoms with Crippen LogP contribution in [0.3, 0.4) is 0 Å². The van der Waals surface area contributed by atoms with Gasteiger partial charge in [0.2, 0.25) is 6.29 Å². The first-order chi connectivity index (χ1) is 24.6. The number of carboxylic acids is 1. The van der Waals surface area contributed by atoms with Gasteiger partial charge in [-0.3, -0.25) is 0 Å². The van der Waals surface area contributed by atoms with Crippen molar-refractivity contribution in [1.82, 2.24) is 14.5 Å². The number of aliphatic hydroxyl groups excluding tert-OH is 3. The number of fused-ring (bicyclic) bond motifs is 1. The van der Waals surface area contributed by atoms with Crippen molar-refractivity contribution in [1.29, 1.82) is 0 Å². The molecule has 1 saturated heterocycles. The van der Waals surface area contributed by atoms with Crippen LogP contribution in [0.4, 0.5) is 4.39 Å². The van der Waals surface area contributed by atoms with E-state index in [4.69, 9.17) is 19.2 Å². The van der Waals surface area contributed by atoms with Gasteiger partial charge in [-0.15, -0.1) is 11.3 Å². The summed E-state index contributed by atoms with van der Waals surface area (Å²) in [5.74, 6) is -1.45. The SMILES string of the molecule is Cc1nc(-c2ccc(F)cc2)c(COc2ccc(-c3nc4cc(C(=O)O[C@@H]5O[C@H](C(=O)O)[C@@H](O)[C@H](O)[C@H]5O)ccc4n3C3CCCCC3)cc2)s1. The third kappa shape index (κ3) is 7.10. The Kier molecular flexibility index (Phi) is 9.86. The van der Waals surface area contributed by atoms with Gasteiger partial charge in [-0.25, -0.2) is 23.9 Å². The van der Waals surface area contributed by atoms with Gasteiger partial charge in [0.15, 0.2) is 6.10 Å². The van der Waals surface area contributed by atoms with Crippen molar-refractivity contribution >= 4 is 34.3 Å². The number of halogens is 1. The lowest BCUT2D eigenvalue weighted by Crippen LogP contribution is -2.60. The summed E-state index contributed by atoms with van der Waals surface area (Å²) in [6.45, 7) is 2.21. The Morgan fingerprint density at radius 1 is 0.922 bits per heavy atom. The molecule has 3 aromatic carbocycles. The molecule has 3 heterocycles. The molecule has 0 amide bonds. The Labute approximate surface area is 295 Å². The summed E-state index contributed by atoms with van der Waals surface area (Å²) in [6, 6.07) is 18.9. The maximum absolute atomic E-state index is 13.5. The Bertz CT molecular complexity index is 2040. The second-order valence-electron chi connectivity index (χ2n) is 12.8. The average molecular weight is 718 g/mol. The van der Waals surface area contributed by atoms with Gasteiger partial charge in [0.25, 0.3) is 0 Å². The van der Waals surface area contributed by atoms with Crippen molar-refractivity contribution in [3.63, 3.8) is 0 Å². The summed E-state index contributed by atoms with van der Waals surface area (Å²) >= 11 is 1.53. The van der Waals surface area contributed by atoms with Crippen LogP contribution in [0.5, 0.6) is 5.75 Å². The van der Waals surface area contributed by atoms with Gasteiger partial charge in [-0.1, -0.05) is 19.3 Å². The highest BCUT2D eigenvalue weighted by Gasteiger charge is 2.48. The maximum Gasteiger partial charge on any atom is 0.340 e. The molecule has 266 valence electrons. The lowest BCUT2D eigenvalue weighted by molar-refractivity contribution is -0.278. The molecule has 2 fully saturated rings. The number of thiazole rings is 1. The number of imidazole rings is 1. The lowest BCUT2D eigenvalue weighted by Gasteiger charge is -2.37. The molecule has 0 unspecified atom stereocenters. The molecule has 14 heteroatoms. The number of hydrogen-bond acceptors (Lipinski definition) is 11. The first kappa shape index (κ1) is 34.7. The van der Waals surface area contributed by atoms with Gasteiger partial charge in [0.1, 0.15) is 42.3 Å². The molecule has 0 spiro atoms. The summed E-state index contributed by atoms with van der Waals surface area (Å²) in [4.78, 5) is 35.2. The normalized spacial score (nSPS) is 22.6. The second kappa shape index (κ2) is 14.5. The van der Waals surface area contributed by atoms with E-state index in [2.05, 4.69) is 9.55 Å². The van der Waals surface area contributed by atoms with Crippen LogP contribution in [-0.4, -0.2) is 77.6 Å². The predicted molar refractivity (Wildman–Crippen MR) is 184 cm³/mol. The number of ether oxygens (including phenoxy) is 3. The van der Waals surface area contributed by atoms with Crippen molar-refractivity contribution in [3.8, 4) is 28.4 Å². The van der Waals surface area contributed by atoms with Crippen LogP contribution in [-0.2, 0) is 20.9 Å². The van der Waals surface area contributed by atoms with E-state index in [0.29, 0.717) is 11.3 Å². The Balaban J connectivity index is 1.13. The number of aliphatic carboxylic acids is 1. The van der Waals surface area contributed by atoms with Crippen LogP contribution < -0.4 is 4.74 Å². The van der Waals surface area contributed by atoms with Crippen LogP contribution in [0.15, 0.2) is 66.7 Å². The smallest absolute Gasteiger partial charge is 0.340 e. The van der Waals surface area contributed by atoms with Crippen LogP contribution in [0.1, 0.15) is 58.4 Å². The Hall–Kier alpha value is -4.73. The quantitative estimate of drug-likeness (QED) is 0.144. The van der Waals surface area contributed by atoms with Crippen LogP contribution in [0.2, 0.25) is 0 Å². The Morgan fingerprint density at radius 3 is 2.33 bits per heavy atom. The highest BCUT2D eigenvalue weighted by atomic mass is 32.1. The molecule has 1 saturated carbocycles. The molecule has 0 radical (unpaired) electrons. The molecular weight excluding hydrogens is 681 g/mol. The molecule has 0 bridgehead atoms. The van der Waals surface area contributed by atoms with Gasteiger partial charge in [-0.05, 0) is 86.5 Å². The standard InChI is InChI=1S/C37H36FN3O9S/c1-19-39-29(20-7-12-23(38)13-8-20)28(51-19)18-48-25-14-9-21(10-15-25)34-40-26-17-22(11-16-27(26)41(34)24-5-3-2-4-6-24)36(47)50-37-32(44)30(42)31(43)33(49-37)35(45)46/h7-17,24,30-33,37,42-44H,2-6,18H2,1H3,(H,45,46)/t30-,31-,32+,33-,37-/m0/s1. The molecule has 2 aromatic heterocycles. The first-order valence-corrected chi connectivity index (χ1v) is 17.5. The number of benzene rings is 3. The van der Waals surface area contributed by atoms with Crippen molar-refractivity contribution < 1.29 is 48.6 Å². The summed E-state index contributed by atoms with van der Waals surface area (Å²) in [5.41, 5.74) is 3.86. The summed E-state index contributed by atoms with van der Waals surface area (Å²) < 4.78 is 32.3. The monoisotopic (exact) mass is 717 g/mol. The van der Waals surface area contributed by atoms with Crippen molar-refractivity contribution in [3.05, 3.63) is 88.0 Å². The molecule has 5 atom stereocenters. The number of aliphatic hydroxyl groups is 3. The van der Waals surface area contributed by atoms with E-state index in [1.807, 2.05) is 31.2 Å².